The number of hydrogen-bond acceptors (Lipinski definition) is 5. The Kier molecular flexibility index (Phi) is 6.45. The van der Waals surface area contributed by atoms with Gasteiger partial charge >= 0.3 is 6.03 Å². The van der Waals surface area contributed by atoms with Gasteiger partial charge in [0.15, 0.2) is 11.5 Å². The van der Waals surface area contributed by atoms with Crippen LogP contribution in [0.25, 0.3) is 0 Å². The van der Waals surface area contributed by atoms with Crippen molar-refractivity contribution in [3.05, 3.63) is 47.5 Å². The van der Waals surface area contributed by atoms with Crippen molar-refractivity contribution in [2.24, 2.45) is 5.92 Å². The van der Waals surface area contributed by atoms with Crippen molar-refractivity contribution in [3.63, 3.8) is 0 Å². The van der Waals surface area contributed by atoms with E-state index in [1.165, 1.54) is 0 Å². The largest absolute Gasteiger partial charge is 0.487 e. The number of anilines is 1. The van der Waals surface area contributed by atoms with Gasteiger partial charge in [0, 0.05) is 19.0 Å². The number of likely N-dealkylation sites (tertiary alicyclic amines) is 1. The van der Waals surface area contributed by atoms with E-state index < -0.39 is 0 Å². The third-order valence-electron chi connectivity index (χ3n) is 6.97. The Labute approximate surface area is 206 Å². The fraction of sp³-hybridized carbons (Fsp3) is 0.481. The average molecular weight is 480 g/mol. The van der Waals surface area contributed by atoms with E-state index in [9.17, 15) is 9.59 Å². The summed E-state index contributed by atoms with van der Waals surface area (Å²) in [4.78, 5) is 30.1. The maximum atomic E-state index is 13.4. The van der Waals surface area contributed by atoms with E-state index in [0.29, 0.717) is 45.7 Å². The van der Waals surface area contributed by atoms with Crippen LogP contribution in [0.3, 0.4) is 0 Å². The van der Waals surface area contributed by atoms with Gasteiger partial charge in [0.05, 0.1) is 18.3 Å². The number of urea groups is 1. The standard InChI is InChI=1S/C27H33N3O5/c1-17-4-6-23-22(14-17)30(16-18(2)35-23)27(32)29-10-8-20(9-11-29)26(31)28-19(3)21-5-7-24-25(15-21)34-13-12-33-24/h4-7,14-15,18-20H,8-13,16H2,1-3H3,(H,28,31)/t18-,19-/m1/s1. The number of rotatable bonds is 3. The first-order valence-electron chi connectivity index (χ1n) is 12.4. The second kappa shape index (κ2) is 9.68. The Hall–Kier alpha value is -3.42. The second-order valence-electron chi connectivity index (χ2n) is 9.69. The number of carbonyl (C=O) groups is 2. The Balaban J connectivity index is 1.18. The maximum absolute atomic E-state index is 13.4. The maximum Gasteiger partial charge on any atom is 0.324 e. The lowest BCUT2D eigenvalue weighted by Crippen LogP contribution is -2.52. The summed E-state index contributed by atoms with van der Waals surface area (Å²) in [5.74, 6) is 2.11. The number of aryl methyl sites for hydroxylation is 1. The summed E-state index contributed by atoms with van der Waals surface area (Å²) in [6.45, 7) is 8.67. The summed E-state index contributed by atoms with van der Waals surface area (Å²) in [5.41, 5.74) is 2.88. The number of nitrogens with one attached hydrogen (secondary N) is 1. The number of ether oxygens (including phenoxy) is 3. The highest BCUT2D eigenvalue weighted by molar-refractivity contribution is 5.94. The fourth-order valence-electron chi connectivity index (χ4n) is 4.98. The van der Waals surface area contributed by atoms with E-state index in [1.807, 2.05) is 67.0 Å². The molecule has 0 radical (unpaired) electrons. The molecule has 1 N–H and O–H groups in total. The number of piperidine rings is 1. The van der Waals surface area contributed by atoms with Gasteiger partial charge in [-0.15, -0.1) is 0 Å². The molecule has 0 aromatic heterocycles. The molecule has 8 nitrogen and oxygen atoms in total. The van der Waals surface area contributed by atoms with Crippen LogP contribution < -0.4 is 24.4 Å². The lowest BCUT2D eigenvalue weighted by molar-refractivity contribution is -0.126. The van der Waals surface area contributed by atoms with Gasteiger partial charge < -0.3 is 24.4 Å². The van der Waals surface area contributed by atoms with Crippen LogP contribution in [0.1, 0.15) is 43.9 Å². The SMILES string of the molecule is Cc1ccc2c(c1)N(C(=O)N1CCC(C(=O)N[C@H](C)c3ccc4c(c3)OCCO4)CC1)C[C@@H](C)O2. The summed E-state index contributed by atoms with van der Waals surface area (Å²) >= 11 is 0. The zero-order valence-corrected chi connectivity index (χ0v) is 20.6. The zero-order valence-electron chi connectivity index (χ0n) is 20.6. The van der Waals surface area contributed by atoms with E-state index in [2.05, 4.69) is 5.32 Å². The lowest BCUT2D eigenvalue weighted by Gasteiger charge is -2.39. The van der Waals surface area contributed by atoms with Crippen LogP contribution in [0.5, 0.6) is 17.2 Å². The number of hydrogen-bond donors (Lipinski definition) is 1. The van der Waals surface area contributed by atoms with Gasteiger partial charge in [0.1, 0.15) is 25.1 Å². The summed E-state index contributed by atoms with van der Waals surface area (Å²) in [5, 5.41) is 3.14. The summed E-state index contributed by atoms with van der Waals surface area (Å²) in [6, 6.07) is 11.5. The van der Waals surface area contributed by atoms with Crippen molar-refractivity contribution in [2.45, 2.75) is 45.8 Å². The van der Waals surface area contributed by atoms with Gasteiger partial charge in [0.2, 0.25) is 5.91 Å². The van der Waals surface area contributed by atoms with Crippen LogP contribution >= 0.6 is 0 Å². The molecule has 3 amide bonds. The highest BCUT2D eigenvalue weighted by Crippen LogP contribution is 2.36. The van der Waals surface area contributed by atoms with Crippen molar-refractivity contribution in [2.75, 3.05) is 37.7 Å². The van der Waals surface area contributed by atoms with Crippen molar-refractivity contribution < 1.29 is 23.8 Å². The highest BCUT2D eigenvalue weighted by atomic mass is 16.6. The molecule has 3 heterocycles. The molecule has 2 atom stereocenters. The molecule has 1 saturated heterocycles. The van der Waals surface area contributed by atoms with Crippen LogP contribution in [0.4, 0.5) is 10.5 Å². The van der Waals surface area contributed by atoms with Crippen LogP contribution in [-0.2, 0) is 4.79 Å². The van der Waals surface area contributed by atoms with Gasteiger partial charge in [0.25, 0.3) is 0 Å². The van der Waals surface area contributed by atoms with E-state index in [-0.39, 0.29) is 30.0 Å². The van der Waals surface area contributed by atoms with Crippen molar-refractivity contribution in [1.82, 2.24) is 10.2 Å². The lowest BCUT2D eigenvalue weighted by atomic mass is 9.95. The smallest absolute Gasteiger partial charge is 0.324 e. The molecule has 0 saturated carbocycles. The minimum absolute atomic E-state index is 0.0181. The van der Waals surface area contributed by atoms with Crippen molar-refractivity contribution in [1.29, 1.82) is 0 Å². The molecule has 2 aromatic carbocycles. The van der Waals surface area contributed by atoms with E-state index in [1.54, 1.807) is 0 Å². The third-order valence-corrected chi connectivity index (χ3v) is 6.97. The molecule has 5 rings (SSSR count). The predicted octanol–water partition coefficient (Wildman–Crippen LogP) is 4.06. The topological polar surface area (TPSA) is 80.3 Å². The normalized spacial score (nSPS) is 20.5. The molecular weight excluding hydrogens is 446 g/mol. The highest BCUT2D eigenvalue weighted by Gasteiger charge is 2.34. The number of nitrogens with zero attached hydrogens (tertiary/aromatic N) is 2. The Morgan fingerprint density at radius 1 is 1.00 bits per heavy atom. The van der Waals surface area contributed by atoms with Gasteiger partial charge in [-0.1, -0.05) is 12.1 Å². The molecule has 0 unspecified atom stereocenters. The summed E-state index contributed by atoms with van der Waals surface area (Å²) in [6.07, 6.45) is 1.22. The van der Waals surface area contributed by atoms with E-state index >= 15 is 0 Å². The first kappa shape index (κ1) is 23.3. The van der Waals surface area contributed by atoms with Crippen molar-refractivity contribution in [3.8, 4) is 17.2 Å². The molecule has 8 heteroatoms. The minimum atomic E-state index is -0.146. The van der Waals surface area contributed by atoms with Gasteiger partial charge in [-0.05, 0) is 69.0 Å². The molecular formula is C27H33N3O5. The van der Waals surface area contributed by atoms with Crippen molar-refractivity contribution >= 4 is 17.6 Å². The second-order valence-corrected chi connectivity index (χ2v) is 9.69. The van der Waals surface area contributed by atoms with Crippen LogP contribution in [0.15, 0.2) is 36.4 Å². The molecule has 0 bridgehead atoms. The number of fused-ring (bicyclic) bond motifs is 2. The monoisotopic (exact) mass is 479 g/mol. The Morgan fingerprint density at radius 2 is 1.71 bits per heavy atom. The van der Waals surface area contributed by atoms with Crippen LogP contribution in [-0.4, -0.2) is 55.8 Å². The molecule has 0 aliphatic carbocycles. The van der Waals surface area contributed by atoms with Gasteiger partial charge in [-0.2, -0.15) is 0 Å². The van der Waals surface area contributed by atoms with Crippen LogP contribution in [0.2, 0.25) is 0 Å². The fourth-order valence-corrected chi connectivity index (χ4v) is 4.98. The molecule has 1 fully saturated rings. The first-order valence-corrected chi connectivity index (χ1v) is 12.4. The quantitative estimate of drug-likeness (QED) is 0.718. The summed E-state index contributed by atoms with van der Waals surface area (Å²) < 4.78 is 17.2. The molecule has 0 spiro atoms. The predicted molar refractivity (Wildman–Crippen MR) is 132 cm³/mol. The Morgan fingerprint density at radius 3 is 2.49 bits per heavy atom. The van der Waals surface area contributed by atoms with Crippen LogP contribution in [0, 0.1) is 12.8 Å². The average Bonchev–Trinajstić information content (AvgIpc) is 2.87. The number of amides is 3. The number of carbonyl (C=O) groups excluding carboxylic acids is 2. The zero-order chi connectivity index (χ0) is 24.5. The molecule has 3 aliphatic rings. The molecule has 186 valence electrons. The van der Waals surface area contributed by atoms with Gasteiger partial charge in [-0.25, -0.2) is 4.79 Å². The first-order chi connectivity index (χ1) is 16.9. The van der Waals surface area contributed by atoms with E-state index in [4.69, 9.17) is 14.2 Å². The van der Waals surface area contributed by atoms with E-state index in [0.717, 1.165) is 34.1 Å². The summed E-state index contributed by atoms with van der Waals surface area (Å²) in [7, 11) is 0. The molecule has 2 aromatic rings. The molecule has 3 aliphatic heterocycles. The Bertz CT molecular complexity index is 1110. The molecule has 35 heavy (non-hydrogen) atoms. The minimum Gasteiger partial charge on any atom is -0.487 e. The third kappa shape index (κ3) is 4.88. The number of benzene rings is 2. The van der Waals surface area contributed by atoms with Gasteiger partial charge in [-0.3, -0.25) is 9.69 Å².